The van der Waals surface area contributed by atoms with E-state index in [2.05, 4.69) is 30.1 Å². The molecule has 7 heteroatoms. The van der Waals surface area contributed by atoms with Crippen LogP contribution in [0.25, 0.3) is 0 Å². The highest BCUT2D eigenvalue weighted by Crippen LogP contribution is 2.34. The second-order valence-corrected chi connectivity index (χ2v) is 9.39. The number of thiocarbonyl (C=S) groups is 1. The topological polar surface area (TPSA) is 57.6 Å². The maximum absolute atomic E-state index is 12.6. The highest BCUT2D eigenvalue weighted by Gasteiger charge is 2.35. The molecule has 3 aliphatic rings. The van der Waals surface area contributed by atoms with E-state index in [4.69, 9.17) is 12.2 Å². The normalized spacial score (nSPS) is 29.2. The molecule has 4 heterocycles. The Kier molecular flexibility index (Phi) is 5.45. The quantitative estimate of drug-likeness (QED) is 0.763. The van der Waals surface area contributed by atoms with Gasteiger partial charge in [-0.1, -0.05) is 19.9 Å². The molecular weight excluding hydrogens is 372 g/mol. The molecule has 2 saturated heterocycles. The molecule has 2 bridgehead atoms. The second kappa shape index (κ2) is 7.85. The van der Waals surface area contributed by atoms with Gasteiger partial charge >= 0.3 is 0 Å². The number of hydrogen-bond donors (Lipinski definition) is 1. The van der Waals surface area contributed by atoms with E-state index in [1.165, 1.54) is 6.42 Å². The molecule has 0 spiro atoms. The van der Waals surface area contributed by atoms with Crippen molar-refractivity contribution in [1.82, 2.24) is 19.7 Å². The van der Waals surface area contributed by atoms with Crippen LogP contribution in [0.1, 0.15) is 38.3 Å². The van der Waals surface area contributed by atoms with Gasteiger partial charge in [0.25, 0.3) is 5.56 Å². The van der Waals surface area contributed by atoms with Crippen molar-refractivity contribution in [1.29, 1.82) is 0 Å². The lowest BCUT2D eigenvalue weighted by atomic mass is 9.83. The number of aromatic nitrogens is 1. The third-order valence-corrected chi connectivity index (χ3v) is 6.78. The van der Waals surface area contributed by atoms with Crippen LogP contribution in [0.4, 0.5) is 0 Å². The zero-order valence-electron chi connectivity index (χ0n) is 16.8. The molecule has 1 N–H and O–H groups in total. The minimum absolute atomic E-state index is 0.0944. The second-order valence-electron chi connectivity index (χ2n) is 9.01. The molecule has 3 aliphatic heterocycles. The summed E-state index contributed by atoms with van der Waals surface area (Å²) in [5, 5.41) is 3.86. The Hall–Kier alpha value is -1.89. The molecule has 4 rings (SSSR count). The molecule has 1 aromatic heterocycles. The van der Waals surface area contributed by atoms with Crippen LogP contribution in [0.15, 0.2) is 23.0 Å². The van der Waals surface area contributed by atoms with Gasteiger partial charge in [-0.15, -0.1) is 0 Å². The summed E-state index contributed by atoms with van der Waals surface area (Å²) in [7, 11) is 0. The predicted molar refractivity (Wildman–Crippen MR) is 113 cm³/mol. The number of carbonyl (C=O) groups is 1. The summed E-state index contributed by atoms with van der Waals surface area (Å²) in [5.74, 6) is 2.00. The van der Waals surface area contributed by atoms with Gasteiger partial charge < -0.3 is 19.7 Å². The van der Waals surface area contributed by atoms with Gasteiger partial charge in [-0.25, -0.2) is 0 Å². The van der Waals surface area contributed by atoms with E-state index in [1.54, 1.807) is 6.07 Å². The Labute approximate surface area is 171 Å². The van der Waals surface area contributed by atoms with Crippen LogP contribution in [0, 0.1) is 17.8 Å². The number of pyridine rings is 1. The monoisotopic (exact) mass is 402 g/mol. The Balaban J connectivity index is 1.35. The molecular formula is C21H30N4O2S. The first-order valence-corrected chi connectivity index (χ1v) is 10.8. The van der Waals surface area contributed by atoms with Crippen LogP contribution in [0.5, 0.6) is 0 Å². The van der Waals surface area contributed by atoms with Crippen molar-refractivity contribution in [3.63, 3.8) is 0 Å². The smallest absolute Gasteiger partial charge is 0.250 e. The Bertz CT molecular complexity index is 813. The van der Waals surface area contributed by atoms with Gasteiger partial charge in [0.2, 0.25) is 5.91 Å². The maximum Gasteiger partial charge on any atom is 0.250 e. The first-order chi connectivity index (χ1) is 13.4. The van der Waals surface area contributed by atoms with Crippen LogP contribution in [-0.2, 0) is 11.3 Å². The van der Waals surface area contributed by atoms with E-state index < -0.39 is 0 Å². The molecule has 4 atom stereocenters. The van der Waals surface area contributed by atoms with E-state index in [0.717, 1.165) is 44.8 Å². The number of rotatable bonds is 2. The van der Waals surface area contributed by atoms with Gasteiger partial charge in [0.15, 0.2) is 5.11 Å². The van der Waals surface area contributed by atoms with E-state index in [-0.39, 0.29) is 18.0 Å². The van der Waals surface area contributed by atoms with Crippen molar-refractivity contribution in [2.24, 2.45) is 17.8 Å². The van der Waals surface area contributed by atoms with Crippen LogP contribution < -0.4 is 10.9 Å². The maximum atomic E-state index is 12.6. The van der Waals surface area contributed by atoms with E-state index in [9.17, 15) is 9.59 Å². The number of fused-ring (bicyclic) bond motifs is 4. The first-order valence-electron chi connectivity index (χ1n) is 10.4. The number of hydrogen-bond acceptors (Lipinski definition) is 3. The molecule has 0 aromatic carbocycles. The molecule has 6 nitrogen and oxygen atoms in total. The standard InChI is InChI=1S/C21H30N4O2S/c1-14-6-15(2)10-23(9-14)20(27)8-22-21(28)24-11-16-7-17(13-24)18-4-3-5-19(26)25(18)12-16/h3-5,14-17H,6-13H2,1-2H3,(H,22,28)/t14-,15+,16-,17+/m1/s1. The van der Waals surface area contributed by atoms with Crippen LogP contribution in [-0.4, -0.2) is 58.1 Å². The minimum atomic E-state index is 0.0944. The lowest BCUT2D eigenvalue weighted by Crippen LogP contribution is -2.53. The molecule has 0 saturated carbocycles. The molecule has 2 fully saturated rings. The van der Waals surface area contributed by atoms with Gasteiger partial charge in [-0.3, -0.25) is 9.59 Å². The molecule has 0 aliphatic carbocycles. The summed E-state index contributed by atoms with van der Waals surface area (Å²) in [6, 6.07) is 5.55. The van der Waals surface area contributed by atoms with Crippen LogP contribution in [0.2, 0.25) is 0 Å². The van der Waals surface area contributed by atoms with Crippen molar-refractivity contribution < 1.29 is 4.79 Å². The Morgan fingerprint density at radius 2 is 1.82 bits per heavy atom. The summed E-state index contributed by atoms with van der Waals surface area (Å²) in [6.45, 7) is 8.78. The fraction of sp³-hybridized carbons (Fsp3) is 0.667. The Morgan fingerprint density at radius 1 is 1.07 bits per heavy atom. The Morgan fingerprint density at radius 3 is 2.57 bits per heavy atom. The van der Waals surface area contributed by atoms with E-state index in [1.807, 2.05) is 15.5 Å². The number of piperidine rings is 2. The molecule has 0 radical (unpaired) electrons. The van der Waals surface area contributed by atoms with Gasteiger partial charge in [-0.2, -0.15) is 0 Å². The summed E-state index contributed by atoms with van der Waals surface area (Å²) in [6.07, 6.45) is 2.29. The fourth-order valence-electron chi connectivity index (χ4n) is 5.30. The third kappa shape index (κ3) is 3.95. The zero-order chi connectivity index (χ0) is 19.8. The summed E-state index contributed by atoms with van der Waals surface area (Å²) in [5.41, 5.74) is 1.21. The molecule has 1 aromatic rings. The average molecular weight is 403 g/mol. The molecule has 152 valence electrons. The zero-order valence-corrected chi connectivity index (χ0v) is 17.6. The number of likely N-dealkylation sites (tertiary alicyclic amines) is 2. The summed E-state index contributed by atoms with van der Waals surface area (Å²) in [4.78, 5) is 28.9. The van der Waals surface area contributed by atoms with Gasteiger partial charge in [0.05, 0.1) is 6.54 Å². The lowest BCUT2D eigenvalue weighted by Gasteiger charge is -2.43. The van der Waals surface area contributed by atoms with Gasteiger partial charge in [0.1, 0.15) is 0 Å². The SMILES string of the molecule is C[C@@H]1C[C@H](C)CN(C(=O)CNC(=S)N2C[C@H]3C[C@@H](C2)c2cccc(=O)n2C3)C1. The predicted octanol–water partition coefficient (Wildman–Crippen LogP) is 1.65. The van der Waals surface area contributed by atoms with E-state index in [0.29, 0.717) is 28.8 Å². The van der Waals surface area contributed by atoms with Crippen molar-refractivity contribution in [2.75, 3.05) is 32.7 Å². The summed E-state index contributed by atoms with van der Waals surface area (Å²) >= 11 is 5.62. The number of amides is 1. The minimum Gasteiger partial charge on any atom is -0.353 e. The lowest BCUT2D eigenvalue weighted by molar-refractivity contribution is -0.132. The molecule has 28 heavy (non-hydrogen) atoms. The van der Waals surface area contributed by atoms with Crippen molar-refractivity contribution in [3.05, 3.63) is 34.2 Å². The van der Waals surface area contributed by atoms with Gasteiger partial charge in [-0.05, 0) is 48.9 Å². The van der Waals surface area contributed by atoms with Gasteiger partial charge in [0, 0.05) is 50.4 Å². The highest BCUT2D eigenvalue weighted by atomic mass is 32.1. The first kappa shape index (κ1) is 19.4. The average Bonchev–Trinajstić information content (AvgIpc) is 2.66. The van der Waals surface area contributed by atoms with Crippen molar-refractivity contribution in [3.8, 4) is 0 Å². The van der Waals surface area contributed by atoms with Crippen molar-refractivity contribution in [2.45, 2.75) is 39.2 Å². The molecule has 1 amide bonds. The van der Waals surface area contributed by atoms with Crippen LogP contribution in [0.3, 0.4) is 0 Å². The van der Waals surface area contributed by atoms with Crippen LogP contribution >= 0.6 is 12.2 Å². The highest BCUT2D eigenvalue weighted by molar-refractivity contribution is 7.80. The number of nitrogens with one attached hydrogen (secondary N) is 1. The molecule has 0 unspecified atom stereocenters. The number of nitrogens with zero attached hydrogens (tertiary/aromatic N) is 3. The third-order valence-electron chi connectivity index (χ3n) is 6.38. The summed E-state index contributed by atoms with van der Waals surface area (Å²) < 4.78 is 1.93. The largest absolute Gasteiger partial charge is 0.353 e. The van der Waals surface area contributed by atoms with E-state index >= 15 is 0 Å². The fourth-order valence-corrected chi connectivity index (χ4v) is 5.52. The van der Waals surface area contributed by atoms with Crippen molar-refractivity contribution >= 4 is 23.2 Å². The number of carbonyl (C=O) groups excluding carboxylic acids is 1.